The average Bonchev–Trinajstić information content (AvgIpc) is 2.40. The fourth-order valence-corrected chi connectivity index (χ4v) is 2.32. The van der Waals surface area contributed by atoms with Crippen molar-refractivity contribution in [1.29, 1.82) is 0 Å². The molecule has 0 amide bonds. The summed E-state index contributed by atoms with van der Waals surface area (Å²) in [6.07, 6.45) is 2.36. The molecule has 0 bridgehead atoms. The van der Waals surface area contributed by atoms with Crippen LogP contribution in [-0.4, -0.2) is 17.0 Å². The van der Waals surface area contributed by atoms with Gasteiger partial charge in [0.2, 0.25) is 0 Å². The van der Waals surface area contributed by atoms with E-state index in [2.05, 4.69) is 11.8 Å². The Labute approximate surface area is 108 Å². The van der Waals surface area contributed by atoms with Crippen LogP contribution in [0.3, 0.4) is 0 Å². The lowest BCUT2D eigenvalue weighted by Gasteiger charge is -2.33. The number of benzene rings is 1. The van der Waals surface area contributed by atoms with Crippen LogP contribution in [0.25, 0.3) is 0 Å². The van der Waals surface area contributed by atoms with Crippen molar-refractivity contribution >= 4 is 5.78 Å². The minimum absolute atomic E-state index is 0.142. The van der Waals surface area contributed by atoms with Crippen LogP contribution < -0.4 is 0 Å². The molecule has 0 radical (unpaired) electrons. The van der Waals surface area contributed by atoms with Gasteiger partial charge in [0.25, 0.3) is 0 Å². The molecule has 1 aliphatic carbocycles. The highest BCUT2D eigenvalue weighted by Crippen LogP contribution is 2.35. The van der Waals surface area contributed by atoms with Crippen LogP contribution in [-0.2, 0) is 4.79 Å². The highest BCUT2D eigenvalue weighted by molar-refractivity contribution is 5.86. The Morgan fingerprint density at radius 3 is 2.67 bits per heavy atom. The predicted octanol–water partition coefficient (Wildman–Crippen LogP) is 2.55. The van der Waals surface area contributed by atoms with E-state index in [4.69, 9.17) is 0 Å². The molecule has 94 valence electrons. The smallest absolute Gasteiger partial charge is 0.142 e. The fraction of sp³-hybridized carbons (Fsp3) is 0.438. The second-order valence-corrected chi connectivity index (χ2v) is 5.09. The molecule has 0 aromatic heterocycles. The third-order valence-electron chi connectivity index (χ3n) is 3.72. The minimum Gasteiger partial charge on any atom is -0.379 e. The first kappa shape index (κ1) is 12.9. The molecule has 18 heavy (non-hydrogen) atoms. The first-order valence-corrected chi connectivity index (χ1v) is 6.41. The lowest BCUT2D eigenvalue weighted by atomic mass is 9.71. The Kier molecular flexibility index (Phi) is 3.84. The summed E-state index contributed by atoms with van der Waals surface area (Å²) in [6, 6.07) is 9.52. The van der Waals surface area contributed by atoms with Crippen LogP contribution in [0.4, 0.5) is 0 Å². The van der Waals surface area contributed by atoms with Crippen molar-refractivity contribution in [3.8, 4) is 11.8 Å². The van der Waals surface area contributed by atoms with E-state index < -0.39 is 11.5 Å². The quantitative estimate of drug-likeness (QED) is 0.768. The summed E-state index contributed by atoms with van der Waals surface area (Å²) in [5.74, 6) is 5.90. The van der Waals surface area contributed by atoms with Crippen molar-refractivity contribution in [1.82, 2.24) is 0 Å². The standard InChI is InChI=1S/C16H18O2/c1-16(12-6-5-9-14(16)17)15(18)11-10-13-7-3-2-4-8-13/h2-4,7-8,15,18H,5-6,9,12H2,1H3/t15?,16-/m1/s1. The number of hydrogen-bond acceptors (Lipinski definition) is 2. The molecule has 1 aromatic carbocycles. The van der Waals surface area contributed by atoms with Crippen LogP contribution in [0, 0.1) is 17.3 Å². The van der Waals surface area contributed by atoms with Crippen LogP contribution in [0.5, 0.6) is 0 Å². The van der Waals surface area contributed by atoms with E-state index in [-0.39, 0.29) is 5.78 Å². The Morgan fingerprint density at radius 2 is 2.00 bits per heavy atom. The summed E-state index contributed by atoms with van der Waals surface area (Å²) in [4.78, 5) is 11.9. The van der Waals surface area contributed by atoms with Crippen molar-refractivity contribution in [2.24, 2.45) is 5.41 Å². The zero-order valence-electron chi connectivity index (χ0n) is 10.6. The molecule has 0 spiro atoms. The zero-order chi connectivity index (χ0) is 13.0. The third-order valence-corrected chi connectivity index (χ3v) is 3.72. The summed E-state index contributed by atoms with van der Waals surface area (Å²) in [5.41, 5.74) is 0.184. The molecule has 1 saturated carbocycles. The van der Waals surface area contributed by atoms with Crippen molar-refractivity contribution < 1.29 is 9.90 Å². The van der Waals surface area contributed by atoms with Crippen LogP contribution in [0.2, 0.25) is 0 Å². The molecular weight excluding hydrogens is 224 g/mol. The highest BCUT2D eigenvalue weighted by atomic mass is 16.3. The summed E-state index contributed by atoms with van der Waals surface area (Å²) in [5, 5.41) is 10.2. The second kappa shape index (κ2) is 5.37. The lowest BCUT2D eigenvalue weighted by Crippen LogP contribution is -2.41. The van der Waals surface area contributed by atoms with Gasteiger partial charge < -0.3 is 5.11 Å². The van der Waals surface area contributed by atoms with E-state index in [0.29, 0.717) is 6.42 Å². The van der Waals surface area contributed by atoms with Gasteiger partial charge in [-0.2, -0.15) is 0 Å². The Hall–Kier alpha value is -1.59. The molecule has 2 rings (SSSR count). The fourth-order valence-electron chi connectivity index (χ4n) is 2.32. The molecule has 2 nitrogen and oxygen atoms in total. The van der Waals surface area contributed by atoms with Crippen molar-refractivity contribution in [2.75, 3.05) is 0 Å². The summed E-state index contributed by atoms with van der Waals surface area (Å²) in [6.45, 7) is 1.83. The van der Waals surface area contributed by atoms with Gasteiger partial charge in [0.1, 0.15) is 11.9 Å². The number of carbonyl (C=O) groups is 1. The maximum atomic E-state index is 11.9. The highest BCUT2D eigenvalue weighted by Gasteiger charge is 2.40. The zero-order valence-corrected chi connectivity index (χ0v) is 10.6. The normalized spacial score (nSPS) is 25.1. The molecule has 0 aliphatic heterocycles. The molecular formula is C16H18O2. The van der Waals surface area contributed by atoms with Gasteiger partial charge in [-0.25, -0.2) is 0 Å². The summed E-state index contributed by atoms with van der Waals surface area (Å²) in [7, 11) is 0. The van der Waals surface area contributed by atoms with Crippen molar-refractivity contribution in [3.63, 3.8) is 0 Å². The Balaban J connectivity index is 2.14. The average molecular weight is 242 g/mol. The van der Waals surface area contributed by atoms with Gasteiger partial charge in [-0.05, 0) is 31.9 Å². The Bertz CT molecular complexity index is 481. The monoisotopic (exact) mass is 242 g/mol. The first-order chi connectivity index (χ1) is 8.63. The molecule has 1 unspecified atom stereocenters. The molecule has 0 heterocycles. The largest absolute Gasteiger partial charge is 0.379 e. The first-order valence-electron chi connectivity index (χ1n) is 6.41. The topological polar surface area (TPSA) is 37.3 Å². The van der Waals surface area contributed by atoms with Crippen LogP contribution in [0.1, 0.15) is 38.2 Å². The van der Waals surface area contributed by atoms with Gasteiger partial charge in [0.15, 0.2) is 0 Å². The van der Waals surface area contributed by atoms with E-state index in [9.17, 15) is 9.90 Å². The third kappa shape index (κ3) is 2.63. The van der Waals surface area contributed by atoms with E-state index in [1.54, 1.807) is 0 Å². The number of carbonyl (C=O) groups excluding carboxylic acids is 1. The van der Waals surface area contributed by atoms with Crippen LogP contribution in [0.15, 0.2) is 30.3 Å². The lowest BCUT2D eigenvalue weighted by molar-refractivity contribution is -0.135. The summed E-state index contributed by atoms with van der Waals surface area (Å²) < 4.78 is 0. The molecule has 2 atom stereocenters. The van der Waals surface area contributed by atoms with Gasteiger partial charge >= 0.3 is 0 Å². The predicted molar refractivity (Wildman–Crippen MR) is 70.9 cm³/mol. The number of rotatable bonds is 1. The number of aliphatic hydroxyl groups is 1. The number of hydrogen-bond donors (Lipinski definition) is 1. The van der Waals surface area contributed by atoms with E-state index >= 15 is 0 Å². The maximum Gasteiger partial charge on any atom is 0.142 e. The molecule has 1 aromatic rings. The van der Waals surface area contributed by atoms with E-state index in [1.165, 1.54) is 0 Å². The van der Waals surface area contributed by atoms with Crippen molar-refractivity contribution in [3.05, 3.63) is 35.9 Å². The Morgan fingerprint density at radius 1 is 1.28 bits per heavy atom. The SMILES string of the molecule is C[C@@]1(C(O)C#Cc2ccccc2)CCCCC1=O. The number of aliphatic hydroxyl groups excluding tert-OH is 1. The molecule has 2 heteroatoms. The molecule has 0 saturated heterocycles. The van der Waals surface area contributed by atoms with Gasteiger partial charge in [-0.1, -0.05) is 36.5 Å². The second-order valence-electron chi connectivity index (χ2n) is 5.09. The van der Waals surface area contributed by atoms with E-state index in [1.807, 2.05) is 37.3 Å². The van der Waals surface area contributed by atoms with Gasteiger partial charge in [-0.3, -0.25) is 4.79 Å². The molecule has 1 N–H and O–H groups in total. The van der Waals surface area contributed by atoms with Gasteiger partial charge in [0, 0.05) is 12.0 Å². The van der Waals surface area contributed by atoms with Gasteiger partial charge in [-0.15, -0.1) is 0 Å². The maximum absolute atomic E-state index is 11.9. The number of Topliss-reactive ketones (excluding diaryl/α,β-unsaturated/α-hetero) is 1. The summed E-state index contributed by atoms with van der Waals surface area (Å²) >= 11 is 0. The van der Waals surface area contributed by atoms with Crippen molar-refractivity contribution in [2.45, 2.75) is 38.7 Å². The number of ketones is 1. The molecule has 1 aliphatic rings. The van der Waals surface area contributed by atoms with E-state index in [0.717, 1.165) is 24.8 Å². The van der Waals surface area contributed by atoms with Crippen LogP contribution >= 0.6 is 0 Å². The molecule has 1 fully saturated rings. The minimum atomic E-state index is -0.870. The van der Waals surface area contributed by atoms with Gasteiger partial charge in [0.05, 0.1) is 5.41 Å².